The Morgan fingerprint density at radius 2 is 1.88 bits per heavy atom. The Hall–Kier alpha value is -0.120. The molecule has 0 aromatic heterocycles. The molecule has 1 heterocycles. The molecule has 0 aromatic rings. The highest BCUT2D eigenvalue weighted by molar-refractivity contribution is 14.0. The lowest BCUT2D eigenvalue weighted by atomic mass is 9.89. The molecule has 1 aliphatic heterocycles. The van der Waals surface area contributed by atoms with E-state index in [2.05, 4.69) is 43.5 Å². The highest BCUT2D eigenvalue weighted by Gasteiger charge is 2.34. The van der Waals surface area contributed by atoms with Crippen molar-refractivity contribution in [1.82, 2.24) is 15.5 Å². The fourth-order valence-electron chi connectivity index (χ4n) is 3.25. The molecule has 0 bridgehead atoms. The molecule has 0 radical (unpaired) electrons. The van der Waals surface area contributed by atoms with Gasteiger partial charge in [0.2, 0.25) is 0 Å². The van der Waals surface area contributed by atoms with Gasteiger partial charge in [-0.2, -0.15) is 0 Å². The number of aliphatic hydroxyl groups is 1. The topological polar surface area (TPSA) is 69.1 Å². The van der Waals surface area contributed by atoms with Gasteiger partial charge in [-0.1, -0.05) is 13.3 Å². The third-order valence-electron chi connectivity index (χ3n) is 5.04. The number of aliphatic imine (C=N–C) groups is 1. The monoisotopic (exact) mass is 470 g/mol. The first-order valence-electron chi connectivity index (χ1n) is 9.46. The van der Waals surface area contributed by atoms with Gasteiger partial charge >= 0.3 is 0 Å². The number of likely N-dealkylation sites (N-methyl/N-ethyl adjacent to an activating group) is 1. The van der Waals surface area contributed by atoms with Crippen LogP contribution in [0.15, 0.2) is 4.99 Å². The van der Waals surface area contributed by atoms with E-state index in [0.717, 1.165) is 70.9 Å². The van der Waals surface area contributed by atoms with E-state index >= 15 is 0 Å². The quantitative estimate of drug-likeness (QED) is 0.259. The van der Waals surface area contributed by atoms with Crippen LogP contribution in [-0.2, 0) is 4.74 Å². The Bertz CT molecular complexity index is 355. The largest absolute Gasteiger partial charge is 0.396 e. The van der Waals surface area contributed by atoms with E-state index in [9.17, 15) is 5.11 Å². The van der Waals surface area contributed by atoms with Gasteiger partial charge in [-0.05, 0) is 52.6 Å². The molecule has 1 saturated heterocycles. The third-order valence-corrected chi connectivity index (χ3v) is 5.04. The van der Waals surface area contributed by atoms with Crippen LogP contribution in [0.25, 0.3) is 0 Å². The minimum Gasteiger partial charge on any atom is -0.396 e. The second-order valence-corrected chi connectivity index (χ2v) is 6.97. The first-order valence-corrected chi connectivity index (χ1v) is 9.46. The van der Waals surface area contributed by atoms with Crippen molar-refractivity contribution >= 4 is 29.9 Å². The molecule has 1 unspecified atom stereocenters. The zero-order valence-electron chi connectivity index (χ0n) is 16.5. The molecule has 0 aliphatic carbocycles. The smallest absolute Gasteiger partial charge is 0.191 e. The Balaban J connectivity index is 0.00000576. The maximum absolute atomic E-state index is 9.21. The standard InChI is InChI=1S/C18H38N4O2.HI/c1-5-7-16(8-11-23)14-20-17(19-6-2)21-15-18(22(3)4)9-12-24-13-10-18;/h16,23H,5-15H2,1-4H3,(H2,19,20,21);1H. The fraction of sp³-hybridized carbons (Fsp3) is 0.944. The number of nitrogens with zero attached hydrogens (tertiary/aromatic N) is 2. The average molecular weight is 470 g/mol. The van der Waals surface area contributed by atoms with Gasteiger partial charge < -0.3 is 25.4 Å². The SMILES string of the molecule is CCCC(CCO)CNC(=NCC1(N(C)C)CCOCC1)NCC.I. The summed E-state index contributed by atoms with van der Waals surface area (Å²) in [5.41, 5.74) is 0.0918. The zero-order valence-corrected chi connectivity index (χ0v) is 18.8. The second kappa shape index (κ2) is 14.0. The number of halogens is 1. The van der Waals surface area contributed by atoms with Gasteiger partial charge in [0, 0.05) is 38.4 Å². The molecule has 0 saturated carbocycles. The number of aliphatic hydroxyl groups excluding tert-OH is 1. The van der Waals surface area contributed by atoms with E-state index in [1.54, 1.807) is 0 Å². The summed E-state index contributed by atoms with van der Waals surface area (Å²) in [4.78, 5) is 7.16. The molecule has 1 rings (SSSR count). The molecule has 1 atom stereocenters. The molecule has 25 heavy (non-hydrogen) atoms. The van der Waals surface area contributed by atoms with Crippen molar-refractivity contribution in [3.05, 3.63) is 0 Å². The minimum atomic E-state index is 0. The predicted octanol–water partition coefficient (Wildman–Crippen LogP) is 2.07. The summed E-state index contributed by atoms with van der Waals surface area (Å²) >= 11 is 0. The predicted molar refractivity (Wildman–Crippen MR) is 116 cm³/mol. The Morgan fingerprint density at radius 1 is 1.20 bits per heavy atom. The summed E-state index contributed by atoms with van der Waals surface area (Å²) in [6.07, 6.45) is 5.16. The minimum absolute atomic E-state index is 0. The molecular formula is C18H39IN4O2. The molecule has 6 nitrogen and oxygen atoms in total. The van der Waals surface area contributed by atoms with Gasteiger partial charge in [-0.15, -0.1) is 24.0 Å². The van der Waals surface area contributed by atoms with E-state index in [1.807, 2.05) is 0 Å². The van der Waals surface area contributed by atoms with Crippen LogP contribution >= 0.6 is 24.0 Å². The van der Waals surface area contributed by atoms with E-state index in [1.165, 1.54) is 0 Å². The number of nitrogens with one attached hydrogen (secondary N) is 2. The lowest BCUT2D eigenvalue weighted by molar-refractivity contribution is -0.00255. The highest BCUT2D eigenvalue weighted by Crippen LogP contribution is 2.26. The van der Waals surface area contributed by atoms with Crippen LogP contribution in [-0.4, -0.2) is 75.1 Å². The summed E-state index contributed by atoms with van der Waals surface area (Å²) in [7, 11) is 4.28. The maximum atomic E-state index is 9.21. The molecular weight excluding hydrogens is 431 g/mol. The van der Waals surface area contributed by atoms with Crippen LogP contribution in [0.4, 0.5) is 0 Å². The van der Waals surface area contributed by atoms with E-state index in [-0.39, 0.29) is 36.1 Å². The van der Waals surface area contributed by atoms with Gasteiger partial charge in [0.15, 0.2) is 5.96 Å². The molecule has 0 amide bonds. The van der Waals surface area contributed by atoms with Crippen molar-refractivity contribution in [3.63, 3.8) is 0 Å². The van der Waals surface area contributed by atoms with Crippen LogP contribution in [0, 0.1) is 5.92 Å². The molecule has 1 fully saturated rings. The number of guanidine groups is 1. The highest BCUT2D eigenvalue weighted by atomic mass is 127. The lowest BCUT2D eigenvalue weighted by Crippen LogP contribution is -2.52. The van der Waals surface area contributed by atoms with Crippen molar-refractivity contribution in [2.24, 2.45) is 10.9 Å². The Kier molecular flexibility index (Phi) is 13.9. The molecule has 1 aliphatic rings. The van der Waals surface area contributed by atoms with Crippen LogP contribution in [0.1, 0.15) is 46.0 Å². The van der Waals surface area contributed by atoms with Crippen LogP contribution in [0.2, 0.25) is 0 Å². The van der Waals surface area contributed by atoms with Crippen molar-refractivity contribution in [2.75, 3.05) is 53.6 Å². The lowest BCUT2D eigenvalue weighted by Gasteiger charge is -2.41. The van der Waals surface area contributed by atoms with Crippen LogP contribution < -0.4 is 10.6 Å². The molecule has 7 heteroatoms. The van der Waals surface area contributed by atoms with Crippen LogP contribution in [0.5, 0.6) is 0 Å². The number of hydrogen-bond acceptors (Lipinski definition) is 4. The number of rotatable bonds is 10. The van der Waals surface area contributed by atoms with Gasteiger partial charge in [0.25, 0.3) is 0 Å². The van der Waals surface area contributed by atoms with Crippen molar-refractivity contribution in [2.45, 2.75) is 51.5 Å². The normalized spacial score (nSPS) is 18.6. The van der Waals surface area contributed by atoms with E-state index < -0.39 is 0 Å². The Labute approximate surface area is 171 Å². The van der Waals surface area contributed by atoms with Crippen molar-refractivity contribution in [3.8, 4) is 0 Å². The first-order chi connectivity index (χ1) is 11.6. The summed E-state index contributed by atoms with van der Waals surface area (Å²) in [5.74, 6) is 1.37. The first kappa shape index (κ1) is 24.9. The molecule has 3 N–H and O–H groups in total. The third kappa shape index (κ3) is 8.88. The summed E-state index contributed by atoms with van der Waals surface area (Å²) < 4.78 is 5.53. The summed E-state index contributed by atoms with van der Waals surface area (Å²) in [6.45, 7) is 8.64. The van der Waals surface area contributed by atoms with E-state index in [4.69, 9.17) is 9.73 Å². The maximum Gasteiger partial charge on any atom is 0.191 e. The van der Waals surface area contributed by atoms with Crippen molar-refractivity contribution in [1.29, 1.82) is 0 Å². The van der Waals surface area contributed by atoms with Gasteiger partial charge in [0.05, 0.1) is 6.54 Å². The van der Waals surface area contributed by atoms with Gasteiger partial charge in [-0.3, -0.25) is 4.99 Å². The van der Waals surface area contributed by atoms with Crippen LogP contribution in [0.3, 0.4) is 0 Å². The number of ether oxygens (including phenoxy) is 1. The second-order valence-electron chi connectivity index (χ2n) is 6.97. The zero-order chi connectivity index (χ0) is 17.8. The van der Waals surface area contributed by atoms with Gasteiger partial charge in [0.1, 0.15) is 0 Å². The molecule has 150 valence electrons. The Morgan fingerprint density at radius 3 is 2.40 bits per heavy atom. The van der Waals surface area contributed by atoms with E-state index in [0.29, 0.717) is 5.92 Å². The molecule has 0 aromatic carbocycles. The molecule has 0 spiro atoms. The van der Waals surface area contributed by atoms with Gasteiger partial charge in [-0.25, -0.2) is 0 Å². The summed E-state index contributed by atoms with van der Waals surface area (Å²) in [6, 6.07) is 0. The van der Waals surface area contributed by atoms with Crippen molar-refractivity contribution < 1.29 is 9.84 Å². The summed E-state index contributed by atoms with van der Waals surface area (Å²) in [5, 5.41) is 16.0. The average Bonchev–Trinajstić information content (AvgIpc) is 2.58. The number of hydrogen-bond donors (Lipinski definition) is 3. The fourth-order valence-corrected chi connectivity index (χ4v) is 3.25.